The molecule has 0 aliphatic rings. The Morgan fingerprint density at radius 3 is 2.50 bits per heavy atom. The Balaban J connectivity index is 3.03. The fourth-order valence-corrected chi connectivity index (χ4v) is 0.390. The molecule has 0 aromatic carbocycles. The van der Waals surface area contributed by atoms with E-state index in [2.05, 4.69) is 19.1 Å². The van der Waals surface area contributed by atoms with E-state index >= 15 is 0 Å². The minimum Gasteiger partial charge on any atom is -0.0910 e. The average Bonchev–Trinajstić information content (AvgIpc) is 1.81. The van der Waals surface area contributed by atoms with Gasteiger partial charge in [0.2, 0.25) is 0 Å². The highest BCUT2D eigenvalue weighted by Crippen LogP contribution is 1.85. The Morgan fingerprint density at radius 2 is 2.00 bits per heavy atom. The topological polar surface area (TPSA) is 0 Å². The monoisotopic (exact) mass is 109 g/mol. The molecule has 0 spiro atoms. The molecule has 0 bridgehead atoms. The third-order valence-electron chi connectivity index (χ3n) is 0.786. The van der Waals surface area contributed by atoms with Crippen molar-refractivity contribution in [1.29, 1.82) is 0 Å². The maximum atomic E-state index is 2.12. The van der Waals surface area contributed by atoms with Crippen LogP contribution < -0.4 is 0 Å². The standard InChI is InChI=1S/C8H13/c1-3-5-7-8-6-4-2/h3,5-8H,4H2,1-2H3. The molecule has 8 heavy (non-hydrogen) atoms. The van der Waals surface area contributed by atoms with Crippen LogP contribution in [0.1, 0.15) is 20.3 Å². The van der Waals surface area contributed by atoms with Crippen molar-refractivity contribution in [2.75, 3.05) is 0 Å². The molecule has 0 aliphatic heterocycles. The van der Waals surface area contributed by atoms with Crippen LogP contribution in [0, 0.1) is 6.42 Å². The lowest BCUT2D eigenvalue weighted by atomic mass is 10.3. The van der Waals surface area contributed by atoms with Gasteiger partial charge in [0.05, 0.1) is 0 Å². The number of rotatable bonds is 3. The van der Waals surface area contributed by atoms with Crippen molar-refractivity contribution in [1.82, 2.24) is 0 Å². The zero-order valence-electron chi connectivity index (χ0n) is 5.59. The van der Waals surface area contributed by atoms with Gasteiger partial charge in [-0.1, -0.05) is 31.2 Å². The zero-order valence-corrected chi connectivity index (χ0v) is 5.59. The quantitative estimate of drug-likeness (QED) is 0.522. The van der Waals surface area contributed by atoms with Crippen LogP contribution in [-0.4, -0.2) is 0 Å². The Morgan fingerprint density at radius 1 is 1.25 bits per heavy atom. The smallest absolute Gasteiger partial charge is 0.00440 e. The van der Waals surface area contributed by atoms with Crippen LogP contribution in [0.4, 0.5) is 0 Å². The van der Waals surface area contributed by atoms with Gasteiger partial charge in [0.15, 0.2) is 0 Å². The molecule has 0 aliphatic carbocycles. The van der Waals surface area contributed by atoms with Gasteiger partial charge >= 0.3 is 0 Å². The van der Waals surface area contributed by atoms with Gasteiger partial charge in [-0.25, -0.2) is 0 Å². The van der Waals surface area contributed by atoms with E-state index in [1.807, 2.05) is 25.5 Å². The third-order valence-corrected chi connectivity index (χ3v) is 0.786. The molecule has 0 unspecified atom stereocenters. The summed E-state index contributed by atoms with van der Waals surface area (Å²) in [6, 6.07) is 0. The van der Waals surface area contributed by atoms with Gasteiger partial charge in [-0.3, -0.25) is 0 Å². The molecular formula is C8H13. The van der Waals surface area contributed by atoms with Crippen molar-refractivity contribution in [3.05, 3.63) is 30.7 Å². The van der Waals surface area contributed by atoms with Crippen molar-refractivity contribution in [2.24, 2.45) is 0 Å². The van der Waals surface area contributed by atoms with Crippen LogP contribution in [0.2, 0.25) is 0 Å². The molecule has 0 aromatic rings. The van der Waals surface area contributed by atoms with Crippen molar-refractivity contribution in [3.8, 4) is 0 Å². The van der Waals surface area contributed by atoms with Crippen molar-refractivity contribution < 1.29 is 0 Å². The molecular weight excluding hydrogens is 96.1 g/mol. The van der Waals surface area contributed by atoms with Gasteiger partial charge in [-0.2, -0.15) is 0 Å². The Bertz CT molecular complexity index is 78.0. The molecule has 0 nitrogen and oxygen atoms in total. The van der Waals surface area contributed by atoms with Crippen LogP contribution in [0.25, 0.3) is 0 Å². The van der Waals surface area contributed by atoms with E-state index in [1.54, 1.807) is 0 Å². The minimum atomic E-state index is 1.12. The SMILES string of the molecule is CC=C[CH]C=CCC. The van der Waals surface area contributed by atoms with E-state index in [0.717, 1.165) is 6.42 Å². The number of hydrogen-bond donors (Lipinski definition) is 0. The molecule has 0 heteroatoms. The van der Waals surface area contributed by atoms with E-state index in [9.17, 15) is 0 Å². The van der Waals surface area contributed by atoms with Crippen LogP contribution in [0.3, 0.4) is 0 Å². The predicted molar refractivity (Wildman–Crippen MR) is 38.5 cm³/mol. The summed E-state index contributed by atoms with van der Waals surface area (Å²) in [5, 5.41) is 0. The van der Waals surface area contributed by atoms with Crippen molar-refractivity contribution >= 4 is 0 Å². The second kappa shape index (κ2) is 6.48. The summed E-state index contributed by atoms with van der Waals surface area (Å²) in [6.45, 7) is 4.14. The molecule has 45 valence electrons. The van der Waals surface area contributed by atoms with E-state index < -0.39 is 0 Å². The second-order valence-electron chi connectivity index (χ2n) is 1.55. The van der Waals surface area contributed by atoms with E-state index in [-0.39, 0.29) is 0 Å². The first kappa shape index (κ1) is 7.48. The number of allylic oxidation sites excluding steroid dienone is 4. The molecule has 1 radical (unpaired) electrons. The lowest BCUT2D eigenvalue weighted by Crippen LogP contribution is -1.57. The Kier molecular flexibility index (Phi) is 6.06. The molecule has 0 atom stereocenters. The summed E-state index contributed by atoms with van der Waals surface area (Å²) in [6.07, 6.45) is 11.4. The molecule has 0 fully saturated rings. The van der Waals surface area contributed by atoms with E-state index in [1.165, 1.54) is 0 Å². The predicted octanol–water partition coefficient (Wildman–Crippen LogP) is 2.73. The Hall–Kier alpha value is -0.520. The maximum absolute atomic E-state index is 2.12. The van der Waals surface area contributed by atoms with Gasteiger partial charge in [0.25, 0.3) is 0 Å². The average molecular weight is 109 g/mol. The summed E-state index contributed by atoms with van der Waals surface area (Å²) >= 11 is 0. The van der Waals surface area contributed by atoms with E-state index in [4.69, 9.17) is 0 Å². The summed E-state index contributed by atoms with van der Waals surface area (Å²) in [7, 11) is 0. The summed E-state index contributed by atoms with van der Waals surface area (Å²) in [5.41, 5.74) is 0. The minimum absolute atomic E-state index is 1.12. The highest BCUT2D eigenvalue weighted by atomic mass is 13.7. The van der Waals surface area contributed by atoms with Crippen LogP contribution in [-0.2, 0) is 0 Å². The molecule has 0 aromatic heterocycles. The van der Waals surface area contributed by atoms with Crippen molar-refractivity contribution in [3.63, 3.8) is 0 Å². The fourth-order valence-electron chi connectivity index (χ4n) is 0.390. The zero-order chi connectivity index (χ0) is 6.24. The first-order valence-corrected chi connectivity index (χ1v) is 3.03. The van der Waals surface area contributed by atoms with Crippen LogP contribution in [0.5, 0.6) is 0 Å². The molecule has 0 heterocycles. The highest BCUT2D eigenvalue weighted by Gasteiger charge is 1.66. The van der Waals surface area contributed by atoms with Gasteiger partial charge in [0, 0.05) is 6.42 Å². The van der Waals surface area contributed by atoms with Gasteiger partial charge in [-0.05, 0) is 13.3 Å². The summed E-state index contributed by atoms with van der Waals surface area (Å²) in [4.78, 5) is 0. The Labute approximate surface area is 51.9 Å². The van der Waals surface area contributed by atoms with Crippen LogP contribution in [0.15, 0.2) is 24.3 Å². The third kappa shape index (κ3) is 5.48. The fraction of sp³-hybridized carbons (Fsp3) is 0.375. The first-order valence-electron chi connectivity index (χ1n) is 3.03. The van der Waals surface area contributed by atoms with E-state index in [0.29, 0.717) is 0 Å². The van der Waals surface area contributed by atoms with Gasteiger partial charge < -0.3 is 0 Å². The molecule has 0 N–H and O–H groups in total. The van der Waals surface area contributed by atoms with Gasteiger partial charge in [-0.15, -0.1) is 0 Å². The first-order chi connectivity index (χ1) is 3.91. The van der Waals surface area contributed by atoms with Crippen molar-refractivity contribution in [2.45, 2.75) is 20.3 Å². The lowest BCUT2D eigenvalue weighted by Gasteiger charge is -1.76. The summed E-state index contributed by atoms with van der Waals surface area (Å²) in [5.74, 6) is 0. The molecule has 0 amide bonds. The second-order valence-corrected chi connectivity index (χ2v) is 1.55. The molecule has 0 saturated heterocycles. The summed E-state index contributed by atoms with van der Waals surface area (Å²) < 4.78 is 0. The molecule has 0 rings (SSSR count). The van der Waals surface area contributed by atoms with Gasteiger partial charge in [0.1, 0.15) is 0 Å². The maximum Gasteiger partial charge on any atom is 0.00440 e. The van der Waals surface area contributed by atoms with Crippen LogP contribution >= 0.6 is 0 Å². The largest absolute Gasteiger partial charge is 0.0910 e. The number of hydrogen-bond acceptors (Lipinski definition) is 0. The normalized spacial score (nSPS) is 11.8. The molecule has 0 saturated carbocycles. The highest BCUT2D eigenvalue weighted by molar-refractivity contribution is 5.06. The lowest BCUT2D eigenvalue weighted by molar-refractivity contribution is 1.22.